The van der Waals surface area contributed by atoms with Gasteiger partial charge in [-0.2, -0.15) is 5.10 Å². The van der Waals surface area contributed by atoms with E-state index >= 15 is 0 Å². The molecule has 1 unspecified atom stereocenters. The fourth-order valence-electron chi connectivity index (χ4n) is 3.54. The van der Waals surface area contributed by atoms with Gasteiger partial charge in [-0.05, 0) is 69.6 Å². The summed E-state index contributed by atoms with van der Waals surface area (Å²) in [5, 5.41) is 8.13. The van der Waals surface area contributed by atoms with E-state index in [2.05, 4.69) is 16.2 Å². The molecule has 0 radical (unpaired) electrons. The van der Waals surface area contributed by atoms with Crippen molar-refractivity contribution in [1.29, 1.82) is 0 Å². The summed E-state index contributed by atoms with van der Waals surface area (Å²) in [5.74, 6) is 0.661. The van der Waals surface area contributed by atoms with Gasteiger partial charge in [0.15, 0.2) is 0 Å². The first-order valence-electron chi connectivity index (χ1n) is 7.37. The molecule has 0 bridgehead atoms. The summed E-state index contributed by atoms with van der Waals surface area (Å²) in [6.07, 6.45) is 9.48. The van der Waals surface area contributed by atoms with E-state index < -0.39 is 0 Å². The van der Waals surface area contributed by atoms with Crippen molar-refractivity contribution in [3.63, 3.8) is 0 Å². The van der Waals surface area contributed by atoms with Crippen LogP contribution in [0, 0.1) is 0 Å². The molecular formula is C14H24N4. The predicted octanol–water partition coefficient (Wildman–Crippen LogP) is 1.58. The van der Waals surface area contributed by atoms with Gasteiger partial charge in [-0.15, -0.1) is 0 Å². The highest BCUT2D eigenvalue weighted by Crippen LogP contribution is 2.35. The molecule has 18 heavy (non-hydrogen) atoms. The minimum atomic E-state index is 0.617. The van der Waals surface area contributed by atoms with Crippen LogP contribution in [0.4, 0.5) is 0 Å². The summed E-state index contributed by atoms with van der Waals surface area (Å²) in [6, 6.07) is 0.617. The minimum Gasteiger partial charge on any atom is -0.330 e. The van der Waals surface area contributed by atoms with Gasteiger partial charge in [0.05, 0.1) is 12.2 Å². The molecule has 1 aliphatic carbocycles. The van der Waals surface area contributed by atoms with Gasteiger partial charge in [0.1, 0.15) is 0 Å². The maximum atomic E-state index is 5.73. The van der Waals surface area contributed by atoms with E-state index in [9.17, 15) is 0 Å². The monoisotopic (exact) mass is 248 g/mol. The summed E-state index contributed by atoms with van der Waals surface area (Å²) in [7, 11) is 0. The quantitative estimate of drug-likeness (QED) is 0.854. The van der Waals surface area contributed by atoms with Gasteiger partial charge in [-0.3, -0.25) is 4.68 Å². The molecule has 3 N–H and O–H groups in total. The third-order valence-electron chi connectivity index (χ3n) is 4.51. The summed E-state index contributed by atoms with van der Waals surface area (Å²) >= 11 is 0. The lowest BCUT2D eigenvalue weighted by molar-refractivity contribution is 0.331. The molecule has 1 fully saturated rings. The highest BCUT2D eigenvalue weighted by molar-refractivity contribution is 5.26. The standard InChI is InChI=1S/C14H24N4/c15-7-4-11-2-1-3-14-13(11)10-17-18(14)12-5-8-16-9-6-12/h10-12,16H,1-9,15H2. The molecule has 100 valence electrons. The Morgan fingerprint density at radius 1 is 1.33 bits per heavy atom. The largest absolute Gasteiger partial charge is 0.330 e. The molecule has 1 saturated heterocycles. The summed E-state index contributed by atoms with van der Waals surface area (Å²) in [5.41, 5.74) is 8.73. The average Bonchev–Trinajstić information content (AvgIpc) is 2.85. The number of hydrogen-bond acceptors (Lipinski definition) is 3. The first kappa shape index (κ1) is 12.2. The molecule has 0 amide bonds. The summed E-state index contributed by atoms with van der Waals surface area (Å²) in [4.78, 5) is 0. The van der Waals surface area contributed by atoms with E-state index in [0.717, 1.165) is 26.1 Å². The van der Waals surface area contributed by atoms with E-state index in [1.807, 2.05) is 0 Å². The van der Waals surface area contributed by atoms with Crippen molar-refractivity contribution in [3.8, 4) is 0 Å². The second-order valence-corrected chi connectivity index (χ2v) is 5.64. The zero-order valence-corrected chi connectivity index (χ0v) is 11.1. The molecular weight excluding hydrogens is 224 g/mol. The highest BCUT2D eigenvalue weighted by Gasteiger charge is 2.26. The molecule has 0 spiro atoms. The van der Waals surface area contributed by atoms with E-state index in [-0.39, 0.29) is 0 Å². The van der Waals surface area contributed by atoms with Crippen LogP contribution in [-0.4, -0.2) is 29.4 Å². The van der Waals surface area contributed by atoms with Crippen LogP contribution in [0.2, 0.25) is 0 Å². The Hall–Kier alpha value is -0.870. The van der Waals surface area contributed by atoms with E-state index in [1.54, 1.807) is 0 Å². The van der Waals surface area contributed by atoms with Crippen molar-refractivity contribution in [3.05, 3.63) is 17.5 Å². The lowest BCUT2D eigenvalue weighted by Crippen LogP contribution is -2.31. The normalized spacial score (nSPS) is 25.1. The maximum Gasteiger partial charge on any atom is 0.0546 e. The van der Waals surface area contributed by atoms with E-state index in [1.165, 1.54) is 43.4 Å². The van der Waals surface area contributed by atoms with Gasteiger partial charge in [-0.1, -0.05) is 0 Å². The lowest BCUT2D eigenvalue weighted by atomic mass is 9.84. The average molecular weight is 248 g/mol. The molecule has 1 atom stereocenters. The number of rotatable bonds is 3. The van der Waals surface area contributed by atoms with Crippen molar-refractivity contribution >= 4 is 0 Å². The van der Waals surface area contributed by atoms with Gasteiger partial charge in [-0.25, -0.2) is 0 Å². The third kappa shape index (κ3) is 2.19. The smallest absolute Gasteiger partial charge is 0.0546 e. The zero-order valence-electron chi connectivity index (χ0n) is 11.1. The fraction of sp³-hybridized carbons (Fsp3) is 0.786. The maximum absolute atomic E-state index is 5.73. The van der Waals surface area contributed by atoms with Crippen molar-refractivity contribution in [2.75, 3.05) is 19.6 Å². The molecule has 4 heteroatoms. The van der Waals surface area contributed by atoms with Crippen LogP contribution < -0.4 is 11.1 Å². The Bertz CT molecular complexity index is 392. The van der Waals surface area contributed by atoms with Crippen molar-refractivity contribution < 1.29 is 0 Å². The Kier molecular flexibility index (Phi) is 3.66. The highest BCUT2D eigenvalue weighted by atomic mass is 15.3. The zero-order chi connectivity index (χ0) is 12.4. The predicted molar refractivity (Wildman–Crippen MR) is 72.7 cm³/mol. The second kappa shape index (κ2) is 5.41. The number of nitrogens with one attached hydrogen (secondary N) is 1. The minimum absolute atomic E-state index is 0.617. The number of nitrogens with two attached hydrogens (primary N) is 1. The first-order valence-corrected chi connectivity index (χ1v) is 7.37. The topological polar surface area (TPSA) is 55.9 Å². The summed E-state index contributed by atoms with van der Waals surface area (Å²) < 4.78 is 2.33. The number of aromatic nitrogens is 2. The van der Waals surface area contributed by atoms with Crippen molar-refractivity contribution in [2.24, 2.45) is 5.73 Å². The van der Waals surface area contributed by atoms with Gasteiger partial charge in [0, 0.05) is 5.69 Å². The number of hydrogen-bond donors (Lipinski definition) is 2. The van der Waals surface area contributed by atoms with E-state index in [4.69, 9.17) is 10.8 Å². The van der Waals surface area contributed by atoms with Crippen LogP contribution in [-0.2, 0) is 6.42 Å². The Balaban J connectivity index is 1.84. The Morgan fingerprint density at radius 2 is 2.17 bits per heavy atom. The molecule has 1 aliphatic heterocycles. The molecule has 0 saturated carbocycles. The molecule has 4 nitrogen and oxygen atoms in total. The van der Waals surface area contributed by atoms with Gasteiger partial charge < -0.3 is 11.1 Å². The molecule has 1 aromatic rings. The van der Waals surface area contributed by atoms with Crippen LogP contribution in [0.1, 0.15) is 55.3 Å². The second-order valence-electron chi connectivity index (χ2n) is 5.64. The van der Waals surface area contributed by atoms with Crippen molar-refractivity contribution in [2.45, 2.75) is 50.5 Å². The first-order chi connectivity index (χ1) is 8.90. The molecule has 1 aromatic heterocycles. The van der Waals surface area contributed by atoms with Crippen LogP contribution >= 0.6 is 0 Å². The van der Waals surface area contributed by atoms with Crippen LogP contribution in [0.3, 0.4) is 0 Å². The van der Waals surface area contributed by atoms with Gasteiger partial charge >= 0.3 is 0 Å². The number of fused-ring (bicyclic) bond motifs is 1. The molecule has 3 rings (SSSR count). The SMILES string of the molecule is NCCC1CCCc2c1cnn2C1CCNCC1. The van der Waals surface area contributed by atoms with Crippen molar-refractivity contribution in [1.82, 2.24) is 15.1 Å². The van der Waals surface area contributed by atoms with Crippen LogP contribution in [0.5, 0.6) is 0 Å². The molecule has 2 heterocycles. The Labute approximate surface area is 109 Å². The molecule has 2 aliphatic rings. The molecule has 0 aromatic carbocycles. The van der Waals surface area contributed by atoms with E-state index in [0.29, 0.717) is 12.0 Å². The number of piperidine rings is 1. The fourth-order valence-corrected chi connectivity index (χ4v) is 3.54. The van der Waals surface area contributed by atoms with Crippen LogP contribution in [0.15, 0.2) is 6.20 Å². The van der Waals surface area contributed by atoms with Gasteiger partial charge in [0.2, 0.25) is 0 Å². The number of nitrogens with zero attached hydrogens (tertiary/aromatic N) is 2. The lowest BCUT2D eigenvalue weighted by Gasteiger charge is -2.28. The summed E-state index contributed by atoms with van der Waals surface area (Å²) in [6.45, 7) is 3.06. The Morgan fingerprint density at radius 3 is 2.94 bits per heavy atom. The van der Waals surface area contributed by atoms with Crippen LogP contribution in [0.25, 0.3) is 0 Å². The van der Waals surface area contributed by atoms with Gasteiger partial charge in [0.25, 0.3) is 0 Å². The third-order valence-corrected chi connectivity index (χ3v) is 4.51.